The van der Waals surface area contributed by atoms with Gasteiger partial charge in [0.15, 0.2) is 5.75 Å². The molecule has 0 spiro atoms. The highest BCUT2D eigenvalue weighted by Crippen LogP contribution is 2.37. The zero-order valence-corrected chi connectivity index (χ0v) is 20.0. The third kappa shape index (κ3) is 6.62. The van der Waals surface area contributed by atoms with Crippen molar-refractivity contribution in [1.82, 2.24) is 5.32 Å². The number of esters is 1. The quantitative estimate of drug-likeness (QED) is 0.201. The van der Waals surface area contributed by atoms with E-state index in [2.05, 4.69) is 18.3 Å². The number of carbonyl (C=O) groups excluding carboxylic acids is 1. The van der Waals surface area contributed by atoms with Gasteiger partial charge in [-0.05, 0) is 63.5 Å². The predicted molar refractivity (Wildman–Crippen MR) is 126 cm³/mol. The molecule has 3 N–H and O–H groups in total. The van der Waals surface area contributed by atoms with Crippen LogP contribution in [-0.2, 0) is 17.6 Å². The van der Waals surface area contributed by atoms with Gasteiger partial charge >= 0.3 is 11.9 Å². The van der Waals surface area contributed by atoms with E-state index in [-0.39, 0.29) is 29.4 Å². The summed E-state index contributed by atoms with van der Waals surface area (Å²) in [5.41, 5.74) is 2.91. The number of carboxylic acid groups (broad SMARTS) is 1. The largest absolute Gasteiger partial charge is 0.508 e. The molecule has 1 unspecified atom stereocenters. The van der Waals surface area contributed by atoms with Gasteiger partial charge in [0.1, 0.15) is 17.4 Å². The van der Waals surface area contributed by atoms with Gasteiger partial charge in [0.05, 0.1) is 0 Å². The molecule has 6 heteroatoms. The van der Waals surface area contributed by atoms with Gasteiger partial charge in [0.25, 0.3) is 0 Å². The van der Waals surface area contributed by atoms with Crippen molar-refractivity contribution < 1.29 is 24.5 Å². The zero-order valence-electron chi connectivity index (χ0n) is 20.0. The van der Waals surface area contributed by atoms with Crippen LogP contribution in [0.5, 0.6) is 11.5 Å². The van der Waals surface area contributed by atoms with Crippen LogP contribution in [0.25, 0.3) is 0 Å². The van der Waals surface area contributed by atoms with Crippen LogP contribution in [0.1, 0.15) is 88.2 Å². The zero-order chi connectivity index (χ0) is 23.8. The highest BCUT2D eigenvalue weighted by molar-refractivity contribution is 5.95. The van der Waals surface area contributed by atoms with Gasteiger partial charge in [-0.15, -0.1) is 0 Å². The smallest absolute Gasteiger partial charge is 0.339 e. The van der Waals surface area contributed by atoms with Gasteiger partial charge < -0.3 is 20.3 Å². The maximum absolute atomic E-state index is 13.1. The maximum atomic E-state index is 13.1. The summed E-state index contributed by atoms with van der Waals surface area (Å²) in [7, 11) is 0. The molecule has 0 aliphatic carbocycles. The predicted octanol–water partition coefficient (Wildman–Crippen LogP) is 5.53. The Bertz CT molecular complexity index is 894. The van der Waals surface area contributed by atoms with Crippen molar-refractivity contribution in [3.8, 4) is 11.5 Å². The molecule has 1 aliphatic rings. The standard InChI is InChI=1S/C26H37NO5/c1-6-7-8-11-18-15-21(28)20-14-13-19(12-9-10-16(2)3)27-23(17(4)5)26(31)32-24(20)22(18)25(29)30/h10,13,15,17,23,27-28H,6-9,11-12,14H2,1-5H3,(H,29,30)/b19-13-. The van der Waals surface area contributed by atoms with Crippen LogP contribution in [0.4, 0.5) is 0 Å². The highest BCUT2D eigenvalue weighted by Gasteiger charge is 2.31. The van der Waals surface area contributed by atoms with Gasteiger partial charge in [-0.2, -0.15) is 0 Å². The number of rotatable bonds is 9. The molecular weight excluding hydrogens is 406 g/mol. The minimum atomic E-state index is -1.15. The number of aromatic hydroxyl groups is 1. The molecule has 0 saturated heterocycles. The second-order valence-corrected chi connectivity index (χ2v) is 9.04. The average Bonchev–Trinajstić information content (AvgIpc) is 2.76. The maximum Gasteiger partial charge on any atom is 0.339 e. The molecule has 0 saturated carbocycles. The SMILES string of the molecule is CCCCCc1cc(O)c2c(c1C(=O)O)OC(=O)C(C(C)C)N/C(CCC=C(C)C)=C\C2. The number of carbonyl (C=O) groups is 2. The van der Waals surface area contributed by atoms with Crippen LogP contribution < -0.4 is 10.1 Å². The summed E-state index contributed by atoms with van der Waals surface area (Å²) in [6.45, 7) is 9.99. The fourth-order valence-corrected chi connectivity index (χ4v) is 3.88. The van der Waals surface area contributed by atoms with Gasteiger partial charge in [0, 0.05) is 11.3 Å². The van der Waals surface area contributed by atoms with Crippen molar-refractivity contribution in [3.63, 3.8) is 0 Å². The Morgan fingerprint density at radius 3 is 2.59 bits per heavy atom. The molecule has 6 nitrogen and oxygen atoms in total. The van der Waals surface area contributed by atoms with E-state index in [0.29, 0.717) is 24.0 Å². The molecule has 1 aromatic carbocycles. The van der Waals surface area contributed by atoms with E-state index in [1.54, 1.807) is 0 Å². The van der Waals surface area contributed by atoms with Crippen molar-refractivity contribution in [1.29, 1.82) is 0 Å². The summed E-state index contributed by atoms with van der Waals surface area (Å²) < 4.78 is 5.71. The summed E-state index contributed by atoms with van der Waals surface area (Å²) in [6.07, 6.45) is 9.11. The second-order valence-electron chi connectivity index (χ2n) is 9.04. The normalized spacial score (nSPS) is 17.8. The lowest BCUT2D eigenvalue weighted by molar-refractivity contribution is -0.137. The molecule has 1 atom stereocenters. The summed E-state index contributed by atoms with van der Waals surface area (Å²) in [4.78, 5) is 25.3. The Labute approximate surface area is 191 Å². The number of aromatic carboxylic acids is 1. The van der Waals surface area contributed by atoms with Crippen molar-refractivity contribution in [2.75, 3.05) is 0 Å². The number of hydrogen-bond acceptors (Lipinski definition) is 5. The molecule has 0 amide bonds. The lowest BCUT2D eigenvalue weighted by Crippen LogP contribution is -2.43. The number of aryl methyl sites for hydroxylation is 1. The third-order valence-electron chi connectivity index (χ3n) is 5.69. The Morgan fingerprint density at radius 2 is 2.00 bits per heavy atom. The van der Waals surface area contributed by atoms with Crippen LogP contribution in [0, 0.1) is 5.92 Å². The molecule has 1 heterocycles. The fourth-order valence-electron chi connectivity index (χ4n) is 3.88. The molecule has 32 heavy (non-hydrogen) atoms. The second kappa shape index (κ2) is 11.7. The summed E-state index contributed by atoms with van der Waals surface area (Å²) >= 11 is 0. The number of phenols is 1. The molecule has 1 aromatic rings. The first-order chi connectivity index (χ1) is 15.1. The van der Waals surface area contributed by atoms with Crippen LogP contribution in [0.2, 0.25) is 0 Å². The van der Waals surface area contributed by atoms with Gasteiger partial charge in [0.2, 0.25) is 0 Å². The molecule has 0 aromatic heterocycles. The number of phenolic OH excluding ortho intramolecular Hbond substituents is 1. The van der Waals surface area contributed by atoms with E-state index in [9.17, 15) is 19.8 Å². The molecule has 0 radical (unpaired) electrons. The number of allylic oxidation sites excluding steroid dienone is 4. The van der Waals surface area contributed by atoms with Crippen molar-refractivity contribution in [3.05, 3.63) is 46.2 Å². The Balaban J connectivity index is 2.56. The third-order valence-corrected chi connectivity index (χ3v) is 5.69. The molecule has 0 fully saturated rings. The number of benzene rings is 1. The Kier molecular flexibility index (Phi) is 9.36. The summed E-state index contributed by atoms with van der Waals surface area (Å²) in [5.74, 6) is -1.81. The first-order valence-electron chi connectivity index (χ1n) is 11.6. The van der Waals surface area contributed by atoms with Crippen LogP contribution in [0.15, 0.2) is 29.5 Å². The minimum absolute atomic E-state index is 0.0221. The Hall–Kier alpha value is -2.76. The topological polar surface area (TPSA) is 95.9 Å². The van der Waals surface area contributed by atoms with Crippen LogP contribution >= 0.6 is 0 Å². The number of unbranched alkanes of at least 4 members (excludes halogenated alkanes) is 2. The molecule has 1 aliphatic heterocycles. The van der Waals surface area contributed by atoms with Crippen molar-refractivity contribution in [2.24, 2.45) is 5.92 Å². The van der Waals surface area contributed by atoms with E-state index < -0.39 is 18.0 Å². The Morgan fingerprint density at radius 1 is 1.28 bits per heavy atom. The van der Waals surface area contributed by atoms with Crippen molar-refractivity contribution in [2.45, 2.75) is 85.6 Å². The summed E-state index contributed by atoms with van der Waals surface area (Å²) in [5, 5.41) is 24.0. The van der Waals surface area contributed by atoms with E-state index in [0.717, 1.165) is 31.4 Å². The van der Waals surface area contributed by atoms with E-state index >= 15 is 0 Å². The lowest BCUT2D eigenvalue weighted by atomic mass is 9.95. The van der Waals surface area contributed by atoms with Crippen LogP contribution in [0.3, 0.4) is 0 Å². The van der Waals surface area contributed by atoms with Gasteiger partial charge in [-0.1, -0.05) is 51.3 Å². The fraction of sp³-hybridized carbons (Fsp3) is 0.538. The van der Waals surface area contributed by atoms with Gasteiger partial charge in [-0.25, -0.2) is 9.59 Å². The molecular formula is C26H37NO5. The average molecular weight is 444 g/mol. The first kappa shape index (κ1) is 25.5. The number of fused-ring (bicyclic) bond motifs is 1. The highest BCUT2D eigenvalue weighted by atomic mass is 16.5. The molecule has 176 valence electrons. The summed E-state index contributed by atoms with van der Waals surface area (Å²) in [6, 6.07) is 0.903. The number of nitrogens with one attached hydrogen (secondary N) is 1. The monoisotopic (exact) mass is 443 g/mol. The lowest BCUT2D eigenvalue weighted by Gasteiger charge is -2.23. The van der Waals surface area contributed by atoms with E-state index in [4.69, 9.17) is 4.74 Å². The first-order valence-corrected chi connectivity index (χ1v) is 11.6. The molecule has 0 bridgehead atoms. The number of hydrogen-bond donors (Lipinski definition) is 3. The van der Waals surface area contributed by atoms with E-state index in [1.165, 1.54) is 11.6 Å². The van der Waals surface area contributed by atoms with Gasteiger partial charge in [-0.3, -0.25) is 0 Å². The van der Waals surface area contributed by atoms with Crippen molar-refractivity contribution >= 4 is 11.9 Å². The molecule has 2 rings (SSSR count). The minimum Gasteiger partial charge on any atom is -0.508 e. The number of carboxylic acids is 1. The number of ether oxygens (including phenoxy) is 1. The van der Waals surface area contributed by atoms with Crippen LogP contribution in [-0.4, -0.2) is 28.2 Å². The van der Waals surface area contributed by atoms with E-state index in [1.807, 2.05) is 33.8 Å².